The van der Waals surface area contributed by atoms with E-state index in [1.165, 1.54) is 43.6 Å². The molecule has 2 heterocycles. The van der Waals surface area contributed by atoms with E-state index >= 15 is 0 Å². The third-order valence-corrected chi connectivity index (χ3v) is 5.15. The molecule has 2 aliphatic rings. The predicted molar refractivity (Wildman–Crippen MR) is 88.1 cm³/mol. The fourth-order valence-electron chi connectivity index (χ4n) is 3.63. The van der Waals surface area contributed by atoms with Crippen molar-refractivity contribution in [2.24, 2.45) is 5.73 Å². The number of nitrogens with two attached hydrogens (primary N) is 1. The van der Waals surface area contributed by atoms with Crippen molar-refractivity contribution in [3.05, 3.63) is 28.2 Å². The van der Waals surface area contributed by atoms with E-state index in [0.29, 0.717) is 12.6 Å². The molecule has 0 spiro atoms. The summed E-state index contributed by atoms with van der Waals surface area (Å²) in [6.07, 6.45) is 4.11. The van der Waals surface area contributed by atoms with Crippen LogP contribution in [0.2, 0.25) is 0 Å². The van der Waals surface area contributed by atoms with Gasteiger partial charge < -0.3 is 10.6 Å². The van der Waals surface area contributed by atoms with Crippen LogP contribution in [0.1, 0.15) is 31.7 Å². The number of halogens is 1. The molecule has 2 atom stereocenters. The molecule has 0 saturated carbocycles. The molecule has 0 bridgehead atoms. The first-order valence-corrected chi connectivity index (χ1v) is 8.47. The van der Waals surface area contributed by atoms with Crippen molar-refractivity contribution in [1.82, 2.24) is 4.90 Å². The molecule has 2 fully saturated rings. The van der Waals surface area contributed by atoms with Crippen molar-refractivity contribution < 1.29 is 0 Å². The van der Waals surface area contributed by atoms with Crippen LogP contribution in [-0.2, 0) is 6.54 Å². The van der Waals surface area contributed by atoms with Crippen LogP contribution in [0.15, 0.2) is 22.7 Å². The van der Waals surface area contributed by atoms with Crippen LogP contribution in [0.3, 0.4) is 0 Å². The largest absolute Gasteiger partial charge is 0.366 e. The van der Waals surface area contributed by atoms with Crippen LogP contribution in [0.4, 0.5) is 5.69 Å². The summed E-state index contributed by atoms with van der Waals surface area (Å²) in [5.41, 5.74) is 8.33. The first kappa shape index (κ1) is 14.4. The molecule has 1 aromatic carbocycles. The Balaban J connectivity index is 1.83. The Kier molecular flexibility index (Phi) is 4.34. The molecule has 2 aliphatic heterocycles. The Labute approximate surface area is 130 Å². The predicted octanol–water partition coefficient (Wildman–Crippen LogP) is 2.97. The Morgan fingerprint density at radius 1 is 1.25 bits per heavy atom. The van der Waals surface area contributed by atoms with Gasteiger partial charge in [-0.2, -0.15) is 0 Å². The van der Waals surface area contributed by atoms with Crippen LogP contribution >= 0.6 is 15.9 Å². The zero-order valence-corrected chi connectivity index (χ0v) is 13.8. The van der Waals surface area contributed by atoms with Crippen LogP contribution in [0, 0.1) is 0 Å². The van der Waals surface area contributed by atoms with Gasteiger partial charge in [-0.05, 0) is 50.1 Å². The number of nitrogens with zero attached hydrogens (tertiary/aromatic N) is 2. The minimum absolute atomic E-state index is 0.573. The average molecular weight is 338 g/mol. The lowest BCUT2D eigenvalue weighted by atomic mass is 9.96. The highest BCUT2D eigenvalue weighted by atomic mass is 79.9. The van der Waals surface area contributed by atoms with Gasteiger partial charge in [-0.3, -0.25) is 4.90 Å². The number of hydrogen-bond acceptors (Lipinski definition) is 3. The molecule has 1 aromatic rings. The Hall–Kier alpha value is -0.580. The number of rotatable bonds is 2. The normalized spacial score (nSPS) is 27.4. The minimum atomic E-state index is 0.573. The van der Waals surface area contributed by atoms with E-state index in [0.717, 1.165) is 17.1 Å². The first-order chi connectivity index (χ1) is 9.67. The molecule has 0 aromatic heterocycles. The van der Waals surface area contributed by atoms with E-state index in [-0.39, 0.29) is 0 Å². The fourth-order valence-corrected chi connectivity index (χ4v) is 4.16. The van der Waals surface area contributed by atoms with Gasteiger partial charge >= 0.3 is 0 Å². The molecule has 2 saturated heterocycles. The maximum absolute atomic E-state index is 5.81. The molecule has 0 aliphatic carbocycles. The molecule has 0 amide bonds. The molecule has 2 N–H and O–H groups in total. The highest BCUT2D eigenvalue weighted by Crippen LogP contribution is 2.30. The number of benzene rings is 1. The zero-order chi connectivity index (χ0) is 14.1. The molecule has 4 heteroatoms. The second-order valence-corrected chi connectivity index (χ2v) is 7.08. The monoisotopic (exact) mass is 337 g/mol. The summed E-state index contributed by atoms with van der Waals surface area (Å²) < 4.78 is 1.13. The molecule has 110 valence electrons. The Morgan fingerprint density at radius 3 is 2.90 bits per heavy atom. The van der Waals surface area contributed by atoms with Crippen molar-refractivity contribution in [2.75, 3.05) is 24.5 Å². The van der Waals surface area contributed by atoms with Crippen molar-refractivity contribution in [3.63, 3.8) is 0 Å². The zero-order valence-electron chi connectivity index (χ0n) is 12.2. The van der Waals surface area contributed by atoms with Crippen LogP contribution in [0.25, 0.3) is 0 Å². The van der Waals surface area contributed by atoms with Crippen molar-refractivity contribution in [3.8, 4) is 0 Å². The molecule has 20 heavy (non-hydrogen) atoms. The number of piperazine rings is 1. The third kappa shape index (κ3) is 2.87. The average Bonchev–Trinajstić information content (AvgIpc) is 2.45. The summed E-state index contributed by atoms with van der Waals surface area (Å²) in [6, 6.07) is 7.91. The van der Waals surface area contributed by atoms with Gasteiger partial charge in [0.05, 0.1) is 0 Å². The summed E-state index contributed by atoms with van der Waals surface area (Å²) in [7, 11) is 0. The van der Waals surface area contributed by atoms with Crippen molar-refractivity contribution in [2.45, 2.75) is 44.8 Å². The topological polar surface area (TPSA) is 32.5 Å². The second-order valence-electron chi connectivity index (χ2n) is 6.17. The molecular formula is C16H24BrN3. The fraction of sp³-hybridized carbons (Fsp3) is 0.625. The minimum Gasteiger partial charge on any atom is -0.366 e. The Bertz CT molecular complexity index is 477. The molecule has 3 nitrogen and oxygen atoms in total. The van der Waals surface area contributed by atoms with E-state index in [1.807, 2.05) is 0 Å². The SMILES string of the molecule is CC1CN2CCCCC2CN1c1cc(Br)cc(CN)c1. The maximum atomic E-state index is 5.81. The Morgan fingerprint density at radius 2 is 2.10 bits per heavy atom. The number of hydrogen-bond donors (Lipinski definition) is 1. The summed E-state index contributed by atoms with van der Waals surface area (Å²) in [5, 5.41) is 0. The lowest BCUT2D eigenvalue weighted by molar-refractivity contribution is 0.115. The quantitative estimate of drug-likeness (QED) is 0.900. The van der Waals surface area contributed by atoms with E-state index < -0.39 is 0 Å². The van der Waals surface area contributed by atoms with Gasteiger partial charge in [-0.1, -0.05) is 22.4 Å². The highest BCUT2D eigenvalue weighted by molar-refractivity contribution is 9.10. The standard InChI is InChI=1S/C16H24BrN3/c1-12-10-19-5-3-2-4-15(19)11-20(12)16-7-13(9-18)6-14(17)8-16/h6-8,12,15H,2-5,9-11,18H2,1H3. The lowest BCUT2D eigenvalue weighted by Gasteiger charge is -2.48. The molecule has 3 rings (SSSR count). The summed E-state index contributed by atoms with van der Waals surface area (Å²) in [5.74, 6) is 0. The van der Waals surface area contributed by atoms with Gasteiger partial charge in [0.15, 0.2) is 0 Å². The highest BCUT2D eigenvalue weighted by Gasteiger charge is 2.33. The lowest BCUT2D eigenvalue weighted by Crippen LogP contribution is -2.58. The molecular weight excluding hydrogens is 314 g/mol. The van der Waals surface area contributed by atoms with Gasteiger partial charge in [0.2, 0.25) is 0 Å². The smallest absolute Gasteiger partial charge is 0.0389 e. The van der Waals surface area contributed by atoms with Crippen molar-refractivity contribution >= 4 is 21.6 Å². The number of fused-ring (bicyclic) bond motifs is 1. The maximum Gasteiger partial charge on any atom is 0.0389 e. The van der Waals surface area contributed by atoms with Gasteiger partial charge in [-0.15, -0.1) is 0 Å². The van der Waals surface area contributed by atoms with Crippen LogP contribution < -0.4 is 10.6 Å². The van der Waals surface area contributed by atoms with Crippen molar-refractivity contribution in [1.29, 1.82) is 0 Å². The molecule has 2 unspecified atom stereocenters. The van der Waals surface area contributed by atoms with Gasteiger partial charge in [-0.25, -0.2) is 0 Å². The summed E-state index contributed by atoms with van der Waals surface area (Å²) in [4.78, 5) is 5.25. The van der Waals surface area contributed by atoms with Gasteiger partial charge in [0.1, 0.15) is 0 Å². The third-order valence-electron chi connectivity index (χ3n) is 4.70. The first-order valence-electron chi connectivity index (χ1n) is 7.67. The second kappa shape index (κ2) is 6.04. The van der Waals surface area contributed by atoms with Crippen LogP contribution in [0.5, 0.6) is 0 Å². The van der Waals surface area contributed by atoms with E-state index in [1.54, 1.807) is 0 Å². The van der Waals surface area contributed by atoms with E-state index in [2.05, 4.69) is 50.9 Å². The molecule has 0 radical (unpaired) electrons. The number of anilines is 1. The number of piperidine rings is 1. The van der Waals surface area contributed by atoms with Gasteiger partial charge in [0.25, 0.3) is 0 Å². The summed E-state index contributed by atoms with van der Waals surface area (Å²) >= 11 is 3.62. The van der Waals surface area contributed by atoms with E-state index in [9.17, 15) is 0 Å². The van der Waals surface area contributed by atoms with E-state index in [4.69, 9.17) is 5.73 Å². The summed E-state index contributed by atoms with van der Waals surface area (Å²) in [6.45, 7) is 6.57. The van der Waals surface area contributed by atoms with Crippen LogP contribution in [-0.4, -0.2) is 36.6 Å². The van der Waals surface area contributed by atoms with Gasteiger partial charge in [0, 0.05) is 41.9 Å².